The maximum atomic E-state index is 9.74. The van der Waals surface area contributed by atoms with Crippen LogP contribution in [0.15, 0.2) is 0 Å². The van der Waals surface area contributed by atoms with Gasteiger partial charge in [0.05, 0.1) is 6.10 Å². The van der Waals surface area contributed by atoms with Crippen molar-refractivity contribution in [1.29, 1.82) is 0 Å². The van der Waals surface area contributed by atoms with Crippen LogP contribution in [0.1, 0.15) is 52.4 Å². The molecule has 1 unspecified atom stereocenters. The van der Waals surface area contributed by atoms with Crippen LogP contribution in [0.2, 0.25) is 0 Å². The van der Waals surface area contributed by atoms with E-state index in [1.807, 2.05) is 0 Å². The highest BCUT2D eigenvalue weighted by Gasteiger charge is 2.42. The summed E-state index contributed by atoms with van der Waals surface area (Å²) in [5.74, 6) is 0. The highest BCUT2D eigenvalue weighted by Crippen LogP contribution is 2.22. The molecule has 5 atom stereocenters. The largest absolute Gasteiger partial charge is 0.388 e. The van der Waals surface area contributed by atoms with E-state index in [0.717, 1.165) is 12.8 Å². The molecule has 5 nitrogen and oxygen atoms in total. The fourth-order valence-corrected chi connectivity index (χ4v) is 2.23. The molecule has 1 heterocycles. The summed E-state index contributed by atoms with van der Waals surface area (Å²) in [5.41, 5.74) is 0. The molecular formula is C14H28O5. The Labute approximate surface area is 115 Å². The Kier molecular flexibility index (Phi) is 7.87. The van der Waals surface area contributed by atoms with Gasteiger partial charge in [-0.25, -0.2) is 0 Å². The van der Waals surface area contributed by atoms with E-state index in [0.29, 0.717) is 6.61 Å². The maximum Gasteiger partial charge on any atom is 0.186 e. The van der Waals surface area contributed by atoms with E-state index >= 15 is 0 Å². The number of rotatable bonds is 8. The van der Waals surface area contributed by atoms with Crippen molar-refractivity contribution < 1.29 is 24.8 Å². The number of aliphatic hydroxyl groups excluding tert-OH is 3. The standard InChI is InChI=1S/C14H28O5/c1-3-4-5-6-7-8-9-18-14-13(17)12(16)11(15)10(2)19-14/h10-17H,3-9H2,1-2H3/t10-,11+,12+,13-,14?/m0/s1. The molecule has 1 rings (SSSR count). The molecule has 5 heteroatoms. The Hall–Kier alpha value is -0.200. The fraction of sp³-hybridized carbons (Fsp3) is 1.00. The van der Waals surface area contributed by atoms with Crippen LogP contribution in [0.25, 0.3) is 0 Å². The number of hydrogen-bond acceptors (Lipinski definition) is 5. The third-order valence-corrected chi connectivity index (χ3v) is 3.59. The summed E-state index contributed by atoms with van der Waals surface area (Å²) in [4.78, 5) is 0. The van der Waals surface area contributed by atoms with Gasteiger partial charge in [-0.1, -0.05) is 39.0 Å². The second-order valence-corrected chi connectivity index (χ2v) is 5.32. The smallest absolute Gasteiger partial charge is 0.186 e. The molecule has 114 valence electrons. The first kappa shape index (κ1) is 16.9. The molecule has 1 saturated heterocycles. The van der Waals surface area contributed by atoms with Gasteiger partial charge in [-0.2, -0.15) is 0 Å². The van der Waals surface area contributed by atoms with Gasteiger partial charge in [0.25, 0.3) is 0 Å². The molecule has 0 aromatic rings. The minimum atomic E-state index is -1.21. The number of unbranched alkanes of at least 4 members (excludes halogenated alkanes) is 5. The lowest BCUT2D eigenvalue weighted by atomic mass is 10.00. The van der Waals surface area contributed by atoms with Gasteiger partial charge in [-0.3, -0.25) is 0 Å². The van der Waals surface area contributed by atoms with Crippen molar-refractivity contribution in [1.82, 2.24) is 0 Å². The van der Waals surface area contributed by atoms with Gasteiger partial charge >= 0.3 is 0 Å². The van der Waals surface area contributed by atoms with Crippen molar-refractivity contribution in [2.24, 2.45) is 0 Å². The average molecular weight is 276 g/mol. The van der Waals surface area contributed by atoms with Gasteiger partial charge < -0.3 is 24.8 Å². The quantitative estimate of drug-likeness (QED) is 0.580. The molecule has 0 bridgehead atoms. The number of aliphatic hydroxyl groups is 3. The van der Waals surface area contributed by atoms with Gasteiger partial charge in [0.1, 0.15) is 18.3 Å². The van der Waals surface area contributed by atoms with Crippen LogP contribution in [-0.4, -0.2) is 52.6 Å². The van der Waals surface area contributed by atoms with Gasteiger partial charge in [0.2, 0.25) is 0 Å². The molecule has 0 aromatic carbocycles. The van der Waals surface area contributed by atoms with Gasteiger partial charge in [-0.15, -0.1) is 0 Å². The molecule has 0 spiro atoms. The first-order valence-electron chi connectivity index (χ1n) is 7.39. The predicted molar refractivity (Wildman–Crippen MR) is 71.7 cm³/mol. The maximum absolute atomic E-state index is 9.74. The van der Waals surface area contributed by atoms with Crippen molar-refractivity contribution in [3.05, 3.63) is 0 Å². The zero-order chi connectivity index (χ0) is 14.3. The lowest BCUT2D eigenvalue weighted by Crippen LogP contribution is -2.57. The lowest BCUT2D eigenvalue weighted by molar-refractivity contribution is -0.293. The van der Waals surface area contributed by atoms with Crippen molar-refractivity contribution in [3.8, 4) is 0 Å². The fourth-order valence-electron chi connectivity index (χ4n) is 2.23. The molecule has 0 saturated carbocycles. The van der Waals surface area contributed by atoms with E-state index < -0.39 is 30.7 Å². The van der Waals surface area contributed by atoms with Crippen molar-refractivity contribution in [2.45, 2.75) is 83.1 Å². The monoisotopic (exact) mass is 276 g/mol. The van der Waals surface area contributed by atoms with Crippen LogP contribution in [0.5, 0.6) is 0 Å². The van der Waals surface area contributed by atoms with Crippen LogP contribution in [0, 0.1) is 0 Å². The molecule has 0 amide bonds. The molecular weight excluding hydrogens is 248 g/mol. The van der Waals surface area contributed by atoms with E-state index in [2.05, 4.69) is 6.92 Å². The van der Waals surface area contributed by atoms with Crippen molar-refractivity contribution >= 4 is 0 Å². The second-order valence-electron chi connectivity index (χ2n) is 5.32. The van der Waals surface area contributed by atoms with Crippen molar-refractivity contribution in [2.75, 3.05) is 6.61 Å². The van der Waals surface area contributed by atoms with E-state index in [1.54, 1.807) is 6.92 Å². The Bertz CT molecular complexity index is 236. The third kappa shape index (κ3) is 5.36. The van der Waals surface area contributed by atoms with Crippen LogP contribution in [0.4, 0.5) is 0 Å². The number of ether oxygens (including phenoxy) is 2. The second kappa shape index (κ2) is 8.87. The molecule has 19 heavy (non-hydrogen) atoms. The molecule has 1 aliphatic heterocycles. The van der Waals surface area contributed by atoms with Gasteiger partial charge in [0.15, 0.2) is 6.29 Å². The summed E-state index contributed by atoms with van der Waals surface area (Å²) >= 11 is 0. The minimum Gasteiger partial charge on any atom is -0.388 e. The Balaban J connectivity index is 2.15. The van der Waals surface area contributed by atoms with Crippen LogP contribution in [-0.2, 0) is 9.47 Å². The average Bonchev–Trinajstić information content (AvgIpc) is 2.41. The minimum absolute atomic E-state index is 0.503. The van der Waals surface area contributed by atoms with E-state index in [9.17, 15) is 15.3 Å². The first-order valence-corrected chi connectivity index (χ1v) is 7.39. The summed E-state index contributed by atoms with van der Waals surface area (Å²) in [7, 11) is 0. The van der Waals surface area contributed by atoms with E-state index in [-0.39, 0.29) is 0 Å². The Morgan fingerprint density at radius 2 is 1.53 bits per heavy atom. The molecule has 3 N–H and O–H groups in total. The molecule has 0 radical (unpaired) electrons. The summed E-state index contributed by atoms with van der Waals surface area (Å²) in [6, 6.07) is 0. The summed E-state index contributed by atoms with van der Waals surface area (Å²) < 4.78 is 10.8. The summed E-state index contributed by atoms with van der Waals surface area (Å²) in [6.07, 6.45) is 2.13. The van der Waals surface area contributed by atoms with Gasteiger partial charge in [0, 0.05) is 6.61 Å². The Morgan fingerprint density at radius 1 is 0.895 bits per heavy atom. The van der Waals surface area contributed by atoms with Crippen LogP contribution in [0.3, 0.4) is 0 Å². The predicted octanol–water partition coefficient (Wildman–Crippen LogP) is 1.19. The SMILES string of the molecule is CCCCCCCCOC1O[C@@H](C)[C@@H](O)[C@@H](O)[C@@H]1O. The Morgan fingerprint density at radius 3 is 2.21 bits per heavy atom. The van der Waals surface area contributed by atoms with Crippen LogP contribution < -0.4 is 0 Å². The van der Waals surface area contributed by atoms with Crippen LogP contribution >= 0.6 is 0 Å². The number of hydrogen-bond donors (Lipinski definition) is 3. The summed E-state index contributed by atoms with van der Waals surface area (Å²) in [5, 5.41) is 28.9. The topological polar surface area (TPSA) is 79.2 Å². The van der Waals surface area contributed by atoms with E-state index in [4.69, 9.17) is 9.47 Å². The highest BCUT2D eigenvalue weighted by molar-refractivity contribution is 4.87. The normalized spacial score (nSPS) is 35.5. The molecule has 0 aliphatic carbocycles. The highest BCUT2D eigenvalue weighted by atomic mass is 16.7. The van der Waals surface area contributed by atoms with E-state index in [1.165, 1.54) is 25.7 Å². The first-order chi connectivity index (χ1) is 9.07. The third-order valence-electron chi connectivity index (χ3n) is 3.59. The van der Waals surface area contributed by atoms with Gasteiger partial charge in [-0.05, 0) is 13.3 Å². The zero-order valence-corrected chi connectivity index (χ0v) is 12.0. The summed E-state index contributed by atoms with van der Waals surface area (Å²) in [6.45, 7) is 4.34. The van der Waals surface area contributed by atoms with Crippen molar-refractivity contribution in [3.63, 3.8) is 0 Å². The lowest BCUT2D eigenvalue weighted by Gasteiger charge is -2.38. The zero-order valence-electron chi connectivity index (χ0n) is 12.0. The molecule has 0 aromatic heterocycles. The molecule has 1 aliphatic rings. The molecule has 1 fully saturated rings.